The lowest BCUT2D eigenvalue weighted by Crippen LogP contribution is -2.39. The normalized spacial score (nSPS) is 16.9. The number of hydrogen-bond donors (Lipinski definition) is 2. The lowest BCUT2D eigenvalue weighted by atomic mass is 10.1. The van der Waals surface area contributed by atoms with E-state index in [1.54, 1.807) is 18.2 Å². The average molecular weight is 299 g/mol. The molecule has 0 unspecified atom stereocenters. The summed E-state index contributed by atoms with van der Waals surface area (Å²) in [6.45, 7) is 1.36. The predicted molar refractivity (Wildman–Crippen MR) is 78.9 cm³/mol. The Morgan fingerprint density at radius 2 is 2.00 bits per heavy atom. The number of methoxy groups -OCH3 is 1. The summed E-state index contributed by atoms with van der Waals surface area (Å²) in [4.78, 5) is 0. The topological polar surface area (TPSA) is 84.7 Å². The van der Waals surface area contributed by atoms with Crippen molar-refractivity contribution in [3.8, 4) is 5.75 Å². The third-order valence-electron chi connectivity index (χ3n) is 3.44. The fourth-order valence-electron chi connectivity index (χ4n) is 2.33. The van der Waals surface area contributed by atoms with Crippen LogP contribution < -0.4 is 15.2 Å². The van der Waals surface area contributed by atoms with Crippen LogP contribution in [0.15, 0.2) is 18.2 Å². The molecular weight excluding hydrogens is 278 g/mol. The van der Waals surface area contributed by atoms with Crippen molar-refractivity contribution in [3.05, 3.63) is 23.8 Å². The molecule has 0 spiro atoms. The summed E-state index contributed by atoms with van der Waals surface area (Å²) in [7, 11) is -2.05. The molecule has 0 aliphatic carbocycles. The third kappa shape index (κ3) is 3.23. The van der Waals surface area contributed by atoms with Gasteiger partial charge in [-0.05, 0) is 24.5 Å². The van der Waals surface area contributed by atoms with Crippen molar-refractivity contribution in [2.75, 3.05) is 24.9 Å². The zero-order valence-electron chi connectivity index (χ0n) is 11.6. The van der Waals surface area contributed by atoms with Crippen molar-refractivity contribution >= 4 is 15.9 Å². The van der Waals surface area contributed by atoms with Gasteiger partial charge in [0.05, 0.1) is 12.8 Å². The van der Waals surface area contributed by atoms with Crippen LogP contribution in [0.2, 0.25) is 0 Å². The van der Waals surface area contributed by atoms with E-state index < -0.39 is 10.2 Å². The molecule has 0 bridgehead atoms. The summed E-state index contributed by atoms with van der Waals surface area (Å²) in [6, 6.07) is 5.30. The molecule has 1 aliphatic heterocycles. The van der Waals surface area contributed by atoms with Crippen molar-refractivity contribution in [3.63, 3.8) is 0 Å². The standard InChI is InChI=1S/C13H21N3O3S/c1-19-12-7-5-6-11(10-14)13(12)15-20(17,18)16-8-3-2-4-9-16/h5-7,15H,2-4,8-10,14H2,1H3. The molecule has 0 saturated carbocycles. The van der Waals surface area contributed by atoms with E-state index in [4.69, 9.17) is 10.5 Å². The Labute approximate surface area is 120 Å². The average Bonchev–Trinajstić information content (AvgIpc) is 2.48. The van der Waals surface area contributed by atoms with Gasteiger partial charge in [0, 0.05) is 19.6 Å². The maximum absolute atomic E-state index is 12.4. The minimum absolute atomic E-state index is 0.245. The number of rotatable bonds is 5. The van der Waals surface area contributed by atoms with E-state index in [0.717, 1.165) is 19.3 Å². The van der Waals surface area contributed by atoms with E-state index in [0.29, 0.717) is 30.1 Å². The highest BCUT2D eigenvalue weighted by Gasteiger charge is 2.25. The monoisotopic (exact) mass is 299 g/mol. The highest BCUT2D eigenvalue weighted by molar-refractivity contribution is 7.90. The Morgan fingerprint density at radius 3 is 2.60 bits per heavy atom. The summed E-state index contributed by atoms with van der Waals surface area (Å²) >= 11 is 0. The molecular formula is C13H21N3O3S. The van der Waals surface area contributed by atoms with Gasteiger partial charge in [-0.1, -0.05) is 18.6 Å². The van der Waals surface area contributed by atoms with Crippen molar-refractivity contribution in [2.24, 2.45) is 5.73 Å². The van der Waals surface area contributed by atoms with E-state index in [1.165, 1.54) is 11.4 Å². The van der Waals surface area contributed by atoms with Gasteiger partial charge in [0.25, 0.3) is 0 Å². The van der Waals surface area contributed by atoms with Crippen LogP contribution in [0.4, 0.5) is 5.69 Å². The van der Waals surface area contributed by atoms with Crippen molar-refractivity contribution in [1.82, 2.24) is 4.31 Å². The van der Waals surface area contributed by atoms with Gasteiger partial charge < -0.3 is 10.5 Å². The van der Waals surface area contributed by atoms with Crippen molar-refractivity contribution in [1.29, 1.82) is 0 Å². The second kappa shape index (κ2) is 6.43. The number of nitrogens with two attached hydrogens (primary N) is 1. The third-order valence-corrected chi connectivity index (χ3v) is 4.95. The van der Waals surface area contributed by atoms with Crippen LogP contribution >= 0.6 is 0 Å². The van der Waals surface area contributed by atoms with Crippen LogP contribution in [-0.2, 0) is 16.8 Å². The molecule has 112 valence electrons. The SMILES string of the molecule is COc1cccc(CN)c1NS(=O)(=O)N1CCCCC1. The molecule has 1 aromatic rings. The molecule has 0 aromatic heterocycles. The van der Waals surface area contributed by atoms with Crippen LogP contribution in [0.5, 0.6) is 5.75 Å². The maximum Gasteiger partial charge on any atom is 0.301 e. The van der Waals surface area contributed by atoms with Gasteiger partial charge in [-0.3, -0.25) is 4.72 Å². The number of ether oxygens (including phenoxy) is 1. The molecule has 1 aliphatic rings. The first-order valence-corrected chi connectivity index (χ1v) is 8.16. The Morgan fingerprint density at radius 1 is 1.30 bits per heavy atom. The fourth-order valence-corrected chi connectivity index (χ4v) is 3.69. The number of para-hydroxylation sites is 1. The number of nitrogens with zero attached hydrogens (tertiary/aromatic N) is 1. The Hall–Kier alpha value is -1.31. The van der Waals surface area contributed by atoms with Gasteiger partial charge in [0.15, 0.2) is 0 Å². The van der Waals surface area contributed by atoms with Gasteiger partial charge in [-0.2, -0.15) is 12.7 Å². The molecule has 6 nitrogen and oxygen atoms in total. The molecule has 1 heterocycles. The minimum Gasteiger partial charge on any atom is -0.495 e. The molecule has 0 atom stereocenters. The van der Waals surface area contributed by atoms with E-state index in [9.17, 15) is 8.42 Å². The van der Waals surface area contributed by atoms with Gasteiger partial charge in [-0.15, -0.1) is 0 Å². The van der Waals surface area contributed by atoms with Crippen LogP contribution in [0.1, 0.15) is 24.8 Å². The molecule has 1 aromatic carbocycles. The van der Waals surface area contributed by atoms with E-state index in [2.05, 4.69) is 4.72 Å². The Kier molecular flexibility index (Phi) is 4.85. The smallest absolute Gasteiger partial charge is 0.301 e. The van der Waals surface area contributed by atoms with Crippen LogP contribution in [-0.4, -0.2) is 32.9 Å². The zero-order valence-corrected chi connectivity index (χ0v) is 12.4. The largest absolute Gasteiger partial charge is 0.495 e. The zero-order chi connectivity index (χ0) is 14.6. The number of hydrogen-bond acceptors (Lipinski definition) is 4. The molecule has 3 N–H and O–H groups in total. The molecule has 1 saturated heterocycles. The van der Waals surface area contributed by atoms with Gasteiger partial charge >= 0.3 is 10.2 Å². The van der Waals surface area contributed by atoms with E-state index >= 15 is 0 Å². The molecule has 0 radical (unpaired) electrons. The predicted octanol–water partition coefficient (Wildman–Crippen LogP) is 1.30. The summed E-state index contributed by atoms with van der Waals surface area (Å²) in [5, 5.41) is 0. The number of benzene rings is 1. The van der Waals surface area contributed by atoms with Crippen LogP contribution in [0.25, 0.3) is 0 Å². The minimum atomic E-state index is -3.55. The van der Waals surface area contributed by atoms with E-state index in [1.807, 2.05) is 0 Å². The first-order valence-electron chi connectivity index (χ1n) is 6.72. The highest BCUT2D eigenvalue weighted by Crippen LogP contribution is 2.30. The number of piperidine rings is 1. The first-order chi connectivity index (χ1) is 9.58. The van der Waals surface area contributed by atoms with Crippen LogP contribution in [0, 0.1) is 0 Å². The first kappa shape index (κ1) is 15.1. The van der Waals surface area contributed by atoms with Crippen molar-refractivity contribution < 1.29 is 13.2 Å². The number of nitrogens with one attached hydrogen (secondary N) is 1. The van der Waals surface area contributed by atoms with Gasteiger partial charge in [0.2, 0.25) is 0 Å². The fraction of sp³-hybridized carbons (Fsp3) is 0.538. The second-order valence-corrected chi connectivity index (χ2v) is 6.44. The second-order valence-electron chi connectivity index (χ2n) is 4.77. The summed E-state index contributed by atoms with van der Waals surface area (Å²) < 4.78 is 34.1. The van der Waals surface area contributed by atoms with Gasteiger partial charge in [0.1, 0.15) is 5.75 Å². The van der Waals surface area contributed by atoms with Crippen molar-refractivity contribution in [2.45, 2.75) is 25.8 Å². The molecule has 2 rings (SSSR count). The lowest BCUT2D eigenvalue weighted by Gasteiger charge is -2.27. The van der Waals surface area contributed by atoms with Crippen LogP contribution in [0.3, 0.4) is 0 Å². The quantitative estimate of drug-likeness (QED) is 0.858. The molecule has 0 amide bonds. The summed E-state index contributed by atoms with van der Waals surface area (Å²) in [5.74, 6) is 0.480. The Bertz CT molecular complexity index is 532. The maximum atomic E-state index is 12.4. The number of anilines is 1. The summed E-state index contributed by atoms with van der Waals surface area (Å²) in [6.07, 6.45) is 2.88. The molecule has 7 heteroatoms. The van der Waals surface area contributed by atoms with Gasteiger partial charge in [-0.25, -0.2) is 0 Å². The highest BCUT2D eigenvalue weighted by atomic mass is 32.2. The molecule has 20 heavy (non-hydrogen) atoms. The van der Waals surface area contributed by atoms with E-state index in [-0.39, 0.29) is 6.54 Å². The Balaban J connectivity index is 2.28. The lowest BCUT2D eigenvalue weighted by molar-refractivity contribution is 0.348. The molecule has 1 fully saturated rings. The summed E-state index contributed by atoms with van der Waals surface area (Å²) in [5.41, 5.74) is 6.81.